The molecule has 0 bridgehead atoms. The van der Waals surface area contributed by atoms with E-state index in [4.69, 9.17) is 11.6 Å². The maximum absolute atomic E-state index is 12.1. The molecule has 0 atom stereocenters. The lowest BCUT2D eigenvalue weighted by Crippen LogP contribution is -2.40. The molecular formula is C16H17ClN2O3S. The minimum Gasteiger partial charge on any atom is -0.350 e. The molecule has 23 heavy (non-hydrogen) atoms. The number of amides is 1. The van der Waals surface area contributed by atoms with E-state index in [0.29, 0.717) is 17.3 Å². The second-order valence-corrected chi connectivity index (χ2v) is 7.35. The van der Waals surface area contributed by atoms with Crippen LogP contribution in [0.3, 0.4) is 0 Å². The van der Waals surface area contributed by atoms with Crippen molar-refractivity contribution in [3.8, 4) is 0 Å². The van der Waals surface area contributed by atoms with Gasteiger partial charge in [0.25, 0.3) is 0 Å². The van der Waals surface area contributed by atoms with Crippen LogP contribution in [0, 0.1) is 0 Å². The van der Waals surface area contributed by atoms with Gasteiger partial charge in [-0.2, -0.15) is 0 Å². The fourth-order valence-corrected chi connectivity index (χ4v) is 2.97. The quantitative estimate of drug-likeness (QED) is 0.868. The summed E-state index contributed by atoms with van der Waals surface area (Å²) in [6.07, 6.45) is 1.08. The molecule has 0 saturated carbocycles. The predicted molar refractivity (Wildman–Crippen MR) is 91.9 cm³/mol. The molecule has 0 aromatic heterocycles. The van der Waals surface area contributed by atoms with Gasteiger partial charge in [-0.25, -0.2) is 8.42 Å². The van der Waals surface area contributed by atoms with E-state index in [9.17, 15) is 13.2 Å². The second kappa shape index (κ2) is 7.48. The third-order valence-corrected chi connectivity index (χ3v) is 4.53. The number of halogens is 1. The van der Waals surface area contributed by atoms with E-state index in [1.807, 2.05) is 0 Å². The first-order chi connectivity index (χ1) is 10.9. The van der Waals surface area contributed by atoms with Crippen LogP contribution < -0.4 is 9.62 Å². The topological polar surface area (TPSA) is 66.5 Å². The van der Waals surface area contributed by atoms with E-state index < -0.39 is 10.0 Å². The van der Waals surface area contributed by atoms with Crippen molar-refractivity contribution in [2.45, 2.75) is 6.54 Å². The van der Waals surface area contributed by atoms with Crippen LogP contribution in [0.15, 0.2) is 54.6 Å². The minimum absolute atomic E-state index is 0.267. The fraction of sp³-hybridized carbons (Fsp3) is 0.188. The zero-order chi connectivity index (χ0) is 16.9. The van der Waals surface area contributed by atoms with E-state index in [1.54, 1.807) is 54.6 Å². The van der Waals surface area contributed by atoms with Gasteiger partial charge in [0.1, 0.15) is 6.54 Å². The van der Waals surface area contributed by atoms with Crippen LogP contribution in [-0.2, 0) is 21.4 Å². The summed E-state index contributed by atoms with van der Waals surface area (Å²) in [5.74, 6) is -0.380. The summed E-state index contributed by atoms with van der Waals surface area (Å²) in [5.41, 5.74) is 1.34. The molecule has 0 radical (unpaired) electrons. The lowest BCUT2D eigenvalue weighted by Gasteiger charge is -2.21. The minimum atomic E-state index is -3.55. The monoisotopic (exact) mass is 352 g/mol. The Bertz CT molecular complexity index is 762. The zero-order valence-electron chi connectivity index (χ0n) is 12.6. The van der Waals surface area contributed by atoms with Crippen molar-refractivity contribution < 1.29 is 13.2 Å². The molecule has 1 amide bonds. The van der Waals surface area contributed by atoms with Crippen LogP contribution in [0.2, 0.25) is 5.02 Å². The molecule has 122 valence electrons. The van der Waals surface area contributed by atoms with Crippen molar-refractivity contribution in [2.75, 3.05) is 17.1 Å². The third kappa shape index (κ3) is 5.26. The van der Waals surface area contributed by atoms with E-state index in [2.05, 4.69) is 5.32 Å². The van der Waals surface area contributed by atoms with Gasteiger partial charge in [-0.1, -0.05) is 41.9 Å². The van der Waals surface area contributed by atoms with E-state index in [1.165, 1.54) is 0 Å². The molecular weight excluding hydrogens is 336 g/mol. The number of hydrogen-bond acceptors (Lipinski definition) is 3. The largest absolute Gasteiger partial charge is 0.350 e. The highest BCUT2D eigenvalue weighted by atomic mass is 35.5. The number of para-hydroxylation sites is 1. The molecule has 0 aliphatic rings. The van der Waals surface area contributed by atoms with Gasteiger partial charge in [0.05, 0.1) is 11.9 Å². The maximum Gasteiger partial charge on any atom is 0.241 e. The summed E-state index contributed by atoms with van der Waals surface area (Å²) in [4.78, 5) is 12.1. The number of benzene rings is 2. The summed E-state index contributed by atoms with van der Waals surface area (Å²) in [7, 11) is -3.55. The van der Waals surface area contributed by atoms with Crippen molar-refractivity contribution in [1.29, 1.82) is 0 Å². The Morgan fingerprint density at radius 3 is 2.26 bits per heavy atom. The molecule has 0 spiro atoms. The van der Waals surface area contributed by atoms with Gasteiger partial charge in [0.2, 0.25) is 15.9 Å². The molecule has 5 nitrogen and oxygen atoms in total. The third-order valence-electron chi connectivity index (χ3n) is 3.13. The number of nitrogens with zero attached hydrogens (tertiary/aromatic N) is 1. The fourth-order valence-electron chi connectivity index (χ4n) is 1.98. The van der Waals surface area contributed by atoms with Crippen molar-refractivity contribution in [3.05, 3.63) is 65.2 Å². The maximum atomic E-state index is 12.1. The highest BCUT2D eigenvalue weighted by molar-refractivity contribution is 7.92. The number of anilines is 1. The highest BCUT2D eigenvalue weighted by Crippen LogP contribution is 2.16. The van der Waals surface area contributed by atoms with Gasteiger partial charge in [-0.15, -0.1) is 0 Å². The molecule has 0 aliphatic carbocycles. The van der Waals surface area contributed by atoms with Crippen LogP contribution in [-0.4, -0.2) is 27.1 Å². The van der Waals surface area contributed by atoms with E-state index in [-0.39, 0.29) is 12.5 Å². The summed E-state index contributed by atoms with van der Waals surface area (Å²) < 4.78 is 24.9. The molecule has 2 aromatic rings. The standard InChI is InChI=1S/C16H17ClN2O3S/c1-23(21,22)19(15-5-3-2-4-6-15)12-16(20)18-11-13-7-9-14(17)10-8-13/h2-10H,11-12H2,1H3,(H,18,20). The summed E-state index contributed by atoms with van der Waals surface area (Å²) >= 11 is 5.80. The molecule has 7 heteroatoms. The number of carbonyl (C=O) groups is 1. The van der Waals surface area contributed by atoms with E-state index in [0.717, 1.165) is 16.1 Å². The number of nitrogens with one attached hydrogen (secondary N) is 1. The van der Waals surface area contributed by atoms with Crippen molar-refractivity contribution in [3.63, 3.8) is 0 Å². The first kappa shape index (κ1) is 17.3. The zero-order valence-corrected chi connectivity index (χ0v) is 14.1. The van der Waals surface area contributed by atoms with Crippen LogP contribution >= 0.6 is 11.6 Å². The summed E-state index contributed by atoms with van der Waals surface area (Å²) in [6, 6.07) is 15.6. The molecule has 0 saturated heterocycles. The normalized spacial score (nSPS) is 11.0. The Morgan fingerprint density at radius 2 is 1.70 bits per heavy atom. The lowest BCUT2D eigenvalue weighted by atomic mass is 10.2. The van der Waals surface area contributed by atoms with Gasteiger partial charge in [0, 0.05) is 11.6 Å². The Kier molecular flexibility index (Phi) is 5.63. The Hall–Kier alpha value is -2.05. The average Bonchev–Trinajstić information content (AvgIpc) is 2.52. The van der Waals surface area contributed by atoms with Gasteiger partial charge in [-0.05, 0) is 29.8 Å². The Balaban J connectivity index is 2.02. The van der Waals surface area contributed by atoms with Gasteiger partial charge in [0.15, 0.2) is 0 Å². The highest BCUT2D eigenvalue weighted by Gasteiger charge is 2.20. The lowest BCUT2D eigenvalue weighted by molar-refractivity contribution is -0.119. The van der Waals surface area contributed by atoms with Gasteiger partial charge < -0.3 is 5.32 Å². The van der Waals surface area contributed by atoms with Gasteiger partial charge >= 0.3 is 0 Å². The molecule has 1 N–H and O–H groups in total. The SMILES string of the molecule is CS(=O)(=O)N(CC(=O)NCc1ccc(Cl)cc1)c1ccccc1. The second-order valence-electron chi connectivity index (χ2n) is 5.01. The van der Waals surface area contributed by atoms with Crippen LogP contribution in [0.1, 0.15) is 5.56 Å². The Labute approximate surface area is 140 Å². The van der Waals surface area contributed by atoms with Gasteiger partial charge in [-0.3, -0.25) is 9.10 Å². The summed E-state index contributed by atoms with van der Waals surface area (Å²) in [5, 5.41) is 3.32. The Morgan fingerprint density at radius 1 is 1.09 bits per heavy atom. The number of sulfonamides is 1. The number of carbonyl (C=O) groups excluding carboxylic acids is 1. The molecule has 0 aliphatic heterocycles. The van der Waals surface area contributed by atoms with Crippen molar-refractivity contribution >= 4 is 33.2 Å². The van der Waals surface area contributed by atoms with Crippen LogP contribution in [0.5, 0.6) is 0 Å². The average molecular weight is 353 g/mol. The summed E-state index contributed by atoms with van der Waals surface area (Å²) in [6.45, 7) is 0.0405. The molecule has 2 aromatic carbocycles. The van der Waals surface area contributed by atoms with Crippen LogP contribution in [0.25, 0.3) is 0 Å². The van der Waals surface area contributed by atoms with Crippen molar-refractivity contribution in [1.82, 2.24) is 5.32 Å². The smallest absolute Gasteiger partial charge is 0.241 e. The number of rotatable bonds is 6. The first-order valence-corrected chi connectivity index (χ1v) is 9.13. The van der Waals surface area contributed by atoms with Crippen LogP contribution in [0.4, 0.5) is 5.69 Å². The molecule has 0 unspecified atom stereocenters. The predicted octanol–water partition coefficient (Wildman–Crippen LogP) is 2.42. The number of hydrogen-bond donors (Lipinski definition) is 1. The molecule has 0 fully saturated rings. The molecule has 0 heterocycles. The van der Waals surface area contributed by atoms with E-state index >= 15 is 0 Å². The first-order valence-electron chi connectivity index (χ1n) is 6.90. The molecule has 2 rings (SSSR count). The van der Waals surface area contributed by atoms with Crippen molar-refractivity contribution in [2.24, 2.45) is 0 Å².